The van der Waals surface area contributed by atoms with Crippen LogP contribution in [-0.4, -0.2) is 12.2 Å². The minimum absolute atomic E-state index is 0.206. The van der Waals surface area contributed by atoms with E-state index in [-0.39, 0.29) is 6.10 Å². The summed E-state index contributed by atoms with van der Waals surface area (Å²) in [4.78, 5) is 0. The van der Waals surface area contributed by atoms with Crippen molar-refractivity contribution in [1.82, 2.24) is 0 Å². The predicted octanol–water partition coefficient (Wildman–Crippen LogP) is 4.01. The van der Waals surface area contributed by atoms with E-state index in [2.05, 4.69) is 15.9 Å². The standard InChI is InChI=1S/C16H15BrO3/c1-19-14-5-3-2-4-12(14)16-9-13(18)11-7-6-10(17)8-15(11)20-16/h2-8,13,16,18H,9H2,1H3. The zero-order valence-electron chi connectivity index (χ0n) is 11.0. The zero-order valence-corrected chi connectivity index (χ0v) is 12.6. The van der Waals surface area contributed by atoms with Gasteiger partial charge < -0.3 is 14.6 Å². The Morgan fingerprint density at radius 3 is 2.80 bits per heavy atom. The summed E-state index contributed by atoms with van der Waals surface area (Å²) in [7, 11) is 1.64. The van der Waals surface area contributed by atoms with Crippen LogP contribution in [0.2, 0.25) is 0 Å². The fraction of sp³-hybridized carbons (Fsp3) is 0.250. The molecule has 0 amide bonds. The molecule has 20 heavy (non-hydrogen) atoms. The molecule has 1 aliphatic rings. The fourth-order valence-electron chi connectivity index (χ4n) is 2.54. The highest BCUT2D eigenvalue weighted by molar-refractivity contribution is 9.10. The molecule has 3 nitrogen and oxygen atoms in total. The molecule has 4 heteroatoms. The van der Waals surface area contributed by atoms with Crippen molar-refractivity contribution in [1.29, 1.82) is 0 Å². The second-order valence-corrected chi connectivity index (χ2v) is 5.70. The highest BCUT2D eigenvalue weighted by atomic mass is 79.9. The number of methoxy groups -OCH3 is 1. The van der Waals surface area contributed by atoms with Gasteiger partial charge in [-0.3, -0.25) is 0 Å². The zero-order chi connectivity index (χ0) is 14.1. The molecule has 1 aliphatic heterocycles. The Hall–Kier alpha value is -1.52. The molecular formula is C16H15BrO3. The molecule has 2 atom stereocenters. The van der Waals surface area contributed by atoms with E-state index in [9.17, 15) is 5.11 Å². The molecule has 104 valence electrons. The summed E-state index contributed by atoms with van der Waals surface area (Å²) < 4.78 is 12.4. The van der Waals surface area contributed by atoms with Gasteiger partial charge in [0.25, 0.3) is 0 Å². The second kappa shape index (κ2) is 5.46. The lowest BCUT2D eigenvalue weighted by molar-refractivity contribution is 0.0644. The van der Waals surface area contributed by atoms with E-state index in [1.54, 1.807) is 7.11 Å². The van der Waals surface area contributed by atoms with E-state index >= 15 is 0 Å². The van der Waals surface area contributed by atoms with E-state index < -0.39 is 6.10 Å². The maximum Gasteiger partial charge on any atom is 0.130 e. The highest BCUT2D eigenvalue weighted by Crippen LogP contribution is 2.43. The molecule has 2 aromatic carbocycles. The smallest absolute Gasteiger partial charge is 0.130 e. The Kier molecular flexibility index (Phi) is 3.68. The van der Waals surface area contributed by atoms with Crippen molar-refractivity contribution in [2.24, 2.45) is 0 Å². The first-order valence-electron chi connectivity index (χ1n) is 6.46. The molecule has 0 aromatic heterocycles. The van der Waals surface area contributed by atoms with E-state index in [0.29, 0.717) is 12.2 Å². The van der Waals surface area contributed by atoms with Crippen LogP contribution in [0.5, 0.6) is 11.5 Å². The number of aliphatic hydroxyl groups is 1. The van der Waals surface area contributed by atoms with E-state index in [4.69, 9.17) is 9.47 Å². The lowest BCUT2D eigenvalue weighted by Crippen LogP contribution is -2.19. The van der Waals surface area contributed by atoms with Crippen LogP contribution in [0.25, 0.3) is 0 Å². The number of aliphatic hydroxyl groups excluding tert-OH is 1. The number of ether oxygens (including phenoxy) is 2. The van der Waals surface area contributed by atoms with Gasteiger partial charge in [0, 0.05) is 22.0 Å². The van der Waals surface area contributed by atoms with Gasteiger partial charge >= 0.3 is 0 Å². The van der Waals surface area contributed by atoms with Gasteiger partial charge in [-0.1, -0.05) is 40.2 Å². The molecular weight excluding hydrogens is 320 g/mol. The summed E-state index contributed by atoms with van der Waals surface area (Å²) in [5, 5.41) is 10.3. The number of halogens is 1. The molecule has 2 aromatic rings. The average molecular weight is 335 g/mol. The van der Waals surface area contributed by atoms with Crippen molar-refractivity contribution in [2.75, 3.05) is 7.11 Å². The van der Waals surface area contributed by atoms with Crippen LogP contribution in [0.15, 0.2) is 46.9 Å². The second-order valence-electron chi connectivity index (χ2n) is 4.78. The minimum atomic E-state index is -0.526. The Morgan fingerprint density at radius 2 is 2.00 bits per heavy atom. The van der Waals surface area contributed by atoms with E-state index in [1.165, 1.54) is 0 Å². The van der Waals surface area contributed by atoms with E-state index in [1.807, 2.05) is 42.5 Å². The Morgan fingerprint density at radius 1 is 1.20 bits per heavy atom. The summed E-state index contributed by atoms with van der Waals surface area (Å²) in [6, 6.07) is 13.4. The van der Waals surface area contributed by atoms with Crippen LogP contribution in [0, 0.1) is 0 Å². The number of para-hydroxylation sites is 1. The lowest BCUT2D eigenvalue weighted by Gasteiger charge is -2.30. The first-order chi connectivity index (χ1) is 9.69. The van der Waals surface area contributed by atoms with Crippen molar-refractivity contribution in [3.63, 3.8) is 0 Å². The van der Waals surface area contributed by atoms with Crippen LogP contribution in [-0.2, 0) is 0 Å². The Bertz CT molecular complexity index is 627. The summed E-state index contributed by atoms with van der Waals surface area (Å²) in [6.07, 6.45) is -0.209. The van der Waals surface area contributed by atoms with Crippen molar-refractivity contribution >= 4 is 15.9 Å². The van der Waals surface area contributed by atoms with Gasteiger partial charge in [0.05, 0.1) is 13.2 Å². The van der Waals surface area contributed by atoms with Crippen molar-refractivity contribution < 1.29 is 14.6 Å². The summed E-state index contributed by atoms with van der Waals surface area (Å²) in [5.74, 6) is 1.50. The van der Waals surface area contributed by atoms with Crippen LogP contribution in [0.4, 0.5) is 0 Å². The van der Waals surface area contributed by atoms with Crippen LogP contribution in [0.1, 0.15) is 29.8 Å². The molecule has 3 rings (SSSR count). The summed E-state index contributed by atoms with van der Waals surface area (Å²) >= 11 is 3.43. The molecule has 0 spiro atoms. The maximum absolute atomic E-state index is 10.3. The SMILES string of the molecule is COc1ccccc1C1CC(O)c2ccc(Br)cc2O1. The number of hydrogen-bond acceptors (Lipinski definition) is 3. The number of hydrogen-bond donors (Lipinski definition) is 1. The predicted molar refractivity (Wildman–Crippen MR) is 80.1 cm³/mol. The largest absolute Gasteiger partial charge is 0.496 e. The molecule has 2 unspecified atom stereocenters. The third-order valence-electron chi connectivity index (χ3n) is 3.53. The van der Waals surface area contributed by atoms with Gasteiger partial charge in [-0.25, -0.2) is 0 Å². The third-order valence-corrected chi connectivity index (χ3v) is 4.02. The molecule has 0 bridgehead atoms. The van der Waals surface area contributed by atoms with Crippen LogP contribution in [0.3, 0.4) is 0 Å². The Labute approximate surface area is 126 Å². The number of rotatable bonds is 2. The van der Waals surface area contributed by atoms with Crippen molar-refractivity contribution in [2.45, 2.75) is 18.6 Å². The quantitative estimate of drug-likeness (QED) is 0.901. The van der Waals surface area contributed by atoms with Crippen LogP contribution < -0.4 is 9.47 Å². The monoisotopic (exact) mass is 334 g/mol. The van der Waals surface area contributed by atoms with Gasteiger partial charge in [-0.05, 0) is 18.2 Å². The topological polar surface area (TPSA) is 38.7 Å². The van der Waals surface area contributed by atoms with Gasteiger partial charge in [-0.2, -0.15) is 0 Å². The first-order valence-corrected chi connectivity index (χ1v) is 7.25. The molecule has 1 heterocycles. The van der Waals surface area contributed by atoms with Crippen molar-refractivity contribution in [3.8, 4) is 11.5 Å². The lowest BCUT2D eigenvalue weighted by atomic mass is 9.94. The average Bonchev–Trinajstić information content (AvgIpc) is 2.46. The molecule has 0 radical (unpaired) electrons. The Balaban J connectivity index is 1.98. The molecule has 0 saturated heterocycles. The van der Waals surface area contributed by atoms with Crippen LogP contribution >= 0.6 is 15.9 Å². The fourth-order valence-corrected chi connectivity index (χ4v) is 2.88. The van der Waals surface area contributed by atoms with Gasteiger partial charge in [0.15, 0.2) is 0 Å². The molecule has 0 fully saturated rings. The van der Waals surface area contributed by atoms with Gasteiger partial charge in [-0.15, -0.1) is 0 Å². The molecule has 0 aliphatic carbocycles. The van der Waals surface area contributed by atoms with Crippen molar-refractivity contribution in [3.05, 3.63) is 58.1 Å². The highest BCUT2D eigenvalue weighted by Gasteiger charge is 2.29. The molecule has 1 N–H and O–H groups in total. The number of benzene rings is 2. The molecule has 0 saturated carbocycles. The third kappa shape index (κ3) is 2.41. The van der Waals surface area contributed by atoms with Gasteiger partial charge in [0.1, 0.15) is 17.6 Å². The summed E-state index contributed by atoms with van der Waals surface area (Å²) in [6.45, 7) is 0. The first kappa shape index (κ1) is 13.5. The van der Waals surface area contributed by atoms with Gasteiger partial charge in [0.2, 0.25) is 0 Å². The summed E-state index contributed by atoms with van der Waals surface area (Å²) in [5.41, 5.74) is 1.79. The number of fused-ring (bicyclic) bond motifs is 1. The minimum Gasteiger partial charge on any atom is -0.496 e. The van der Waals surface area contributed by atoms with E-state index in [0.717, 1.165) is 21.3 Å². The normalized spacial score (nSPS) is 20.9. The maximum atomic E-state index is 10.3.